The highest BCUT2D eigenvalue weighted by Crippen LogP contribution is 2.24. The minimum atomic E-state index is -0.526. The van der Waals surface area contributed by atoms with E-state index in [0.717, 1.165) is 23.6 Å². The Morgan fingerprint density at radius 2 is 2.00 bits per heavy atom. The van der Waals surface area contributed by atoms with E-state index in [2.05, 4.69) is 5.32 Å². The molecule has 0 saturated heterocycles. The van der Waals surface area contributed by atoms with Crippen molar-refractivity contribution in [2.24, 2.45) is 0 Å². The molecule has 0 spiro atoms. The fourth-order valence-corrected chi connectivity index (χ4v) is 2.21. The molecule has 6 nitrogen and oxygen atoms in total. The normalized spacial score (nSPS) is 12.7. The maximum Gasteiger partial charge on any atom is 0.124 e. The molecule has 138 valence electrons. The van der Waals surface area contributed by atoms with Gasteiger partial charge in [-0.3, -0.25) is 0 Å². The number of nitrogens with one attached hydrogen (secondary N) is 1. The van der Waals surface area contributed by atoms with Crippen LogP contribution in [0.3, 0.4) is 0 Å². The third-order valence-electron chi connectivity index (χ3n) is 3.32. The third kappa shape index (κ3) is 8.49. The fourth-order valence-electron chi connectivity index (χ4n) is 2.21. The lowest BCUT2D eigenvalue weighted by Crippen LogP contribution is -2.30. The Bertz CT molecular complexity index is 466. The third-order valence-corrected chi connectivity index (χ3v) is 3.32. The van der Waals surface area contributed by atoms with Gasteiger partial charge in [-0.15, -0.1) is 0 Å². The summed E-state index contributed by atoms with van der Waals surface area (Å²) in [7, 11) is 5.49. The summed E-state index contributed by atoms with van der Waals surface area (Å²) in [5.74, 6) is 1.54. The highest BCUT2D eigenvalue weighted by Gasteiger charge is 2.10. The monoisotopic (exact) mass is 340 g/mol. The van der Waals surface area contributed by atoms with E-state index in [9.17, 15) is 5.11 Å². The van der Waals surface area contributed by atoms with Crippen LogP contribution in [0.4, 0.5) is 0 Å². The molecule has 0 fully saturated rings. The molecule has 1 rings (SSSR count). The molecule has 6 heteroatoms. The van der Waals surface area contributed by atoms with E-state index in [0.29, 0.717) is 19.7 Å². The number of likely N-dealkylation sites (N-methyl/N-ethyl adjacent to an activating group) is 1. The second-order valence-corrected chi connectivity index (χ2v) is 6.30. The van der Waals surface area contributed by atoms with E-state index in [1.165, 1.54) is 0 Å². The van der Waals surface area contributed by atoms with Gasteiger partial charge in [-0.25, -0.2) is 0 Å². The predicted molar refractivity (Wildman–Crippen MR) is 95.8 cm³/mol. The first-order valence-corrected chi connectivity index (χ1v) is 8.37. The average molecular weight is 340 g/mol. The summed E-state index contributed by atoms with van der Waals surface area (Å²) < 4.78 is 16.6. The molecule has 0 aliphatic heterocycles. The van der Waals surface area contributed by atoms with Gasteiger partial charge < -0.3 is 29.5 Å². The molecule has 0 amide bonds. The van der Waals surface area contributed by atoms with Crippen molar-refractivity contribution in [2.75, 3.05) is 47.5 Å². The Labute approximate surface area is 145 Å². The highest BCUT2D eigenvalue weighted by molar-refractivity contribution is 5.40. The van der Waals surface area contributed by atoms with Gasteiger partial charge in [0.1, 0.15) is 24.2 Å². The van der Waals surface area contributed by atoms with Gasteiger partial charge in [0.2, 0.25) is 0 Å². The van der Waals surface area contributed by atoms with Gasteiger partial charge in [-0.05, 0) is 46.1 Å². The molecule has 0 aliphatic carbocycles. The highest BCUT2D eigenvalue weighted by atomic mass is 16.5. The maximum atomic E-state index is 9.95. The molecule has 1 aromatic carbocycles. The Kier molecular flexibility index (Phi) is 9.71. The first-order chi connectivity index (χ1) is 11.4. The zero-order valence-electron chi connectivity index (χ0n) is 15.5. The van der Waals surface area contributed by atoms with Gasteiger partial charge in [-0.1, -0.05) is 0 Å². The standard InChI is InChI=1S/C18H32N2O4/c1-14(2)23-9-8-19-11-15-10-17(22-5)6-7-18(15)24-13-16(21)12-20(3)4/h6-7,10,14,16,19,21H,8-9,11-13H2,1-5H3. The number of hydrogen-bond donors (Lipinski definition) is 2. The number of ether oxygens (including phenoxy) is 3. The number of methoxy groups -OCH3 is 1. The number of nitrogens with zero attached hydrogens (tertiary/aromatic N) is 1. The van der Waals surface area contributed by atoms with Gasteiger partial charge >= 0.3 is 0 Å². The van der Waals surface area contributed by atoms with Gasteiger partial charge in [0.15, 0.2) is 0 Å². The number of rotatable bonds is 12. The van der Waals surface area contributed by atoms with Crippen LogP contribution in [0.5, 0.6) is 11.5 Å². The molecule has 0 aromatic heterocycles. The lowest BCUT2D eigenvalue weighted by molar-refractivity contribution is 0.0799. The van der Waals surface area contributed by atoms with Crippen LogP contribution in [-0.2, 0) is 11.3 Å². The summed E-state index contributed by atoms with van der Waals surface area (Å²) in [6, 6.07) is 5.69. The Balaban J connectivity index is 2.56. The first kappa shape index (κ1) is 20.7. The van der Waals surface area contributed by atoms with E-state index in [4.69, 9.17) is 14.2 Å². The van der Waals surface area contributed by atoms with Gasteiger partial charge in [0.25, 0.3) is 0 Å². The van der Waals surface area contributed by atoms with Crippen molar-refractivity contribution >= 4 is 0 Å². The smallest absolute Gasteiger partial charge is 0.124 e. The van der Waals surface area contributed by atoms with Gasteiger partial charge in [0.05, 0.1) is 19.8 Å². The zero-order valence-corrected chi connectivity index (χ0v) is 15.5. The van der Waals surface area contributed by atoms with E-state index < -0.39 is 6.10 Å². The number of hydrogen-bond acceptors (Lipinski definition) is 6. The SMILES string of the molecule is COc1ccc(OCC(O)CN(C)C)c(CNCCOC(C)C)c1. The zero-order chi connectivity index (χ0) is 17.9. The van der Waals surface area contributed by atoms with Crippen LogP contribution in [0, 0.1) is 0 Å². The summed E-state index contributed by atoms with van der Waals surface area (Å²) in [6.45, 7) is 6.94. The molecule has 1 aromatic rings. The van der Waals surface area contributed by atoms with Crippen molar-refractivity contribution in [3.05, 3.63) is 23.8 Å². The van der Waals surface area contributed by atoms with Crippen LogP contribution in [0.25, 0.3) is 0 Å². The first-order valence-electron chi connectivity index (χ1n) is 8.37. The van der Waals surface area contributed by atoms with Crippen LogP contribution in [0.1, 0.15) is 19.4 Å². The largest absolute Gasteiger partial charge is 0.497 e. The average Bonchev–Trinajstić information content (AvgIpc) is 2.52. The molecule has 0 radical (unpaired) electrons. The molecule has 0 bridgehead atoms. The van der Waals surface area contributed by atoms with Crippen molar-refractivity contribution in [1.82, 2.24) is 10.2 Å². The van der Waals surface area contributed by atoms with Crippen LogP contribution in [0.15, 0.2) is 18.2 Å². The topological polar surface area (TPSA) is 63.2 Å². The molecule has 0 aliphatic rings. The molecule has 0 heterocycles. The Morgan fingerprint density at radius 1 is 1.25 bits per heavy atom. The summed E-state index contributed by atoms with van der Waals surface area (Å²) in [5.41, 5.74) is 0.996. The van der Waals surface area contributed by atoms with Crippen molar-refractivity contribution in [3.63, 3.8) is 0 Å². The van der Waals surface area contributed by atoms with Gasteiger partial charge in [-0.2, -0.15) is 0 Å². The predicted octanol–water partition coefficient (Wildman–Crippen LogP) is 1.51. The minimum Gasteiger partial charge on any atom is -0.497 e. The number of benzene rings is 1. The number of aliphatic hydroxyl groups excluding tert-OH is 1. The van der Waals surface area contributed by atoms with Crippen LogP contribution in [0.2, 0.25) is 0 Å². The van der Waals surface area contributed by atoms with Crippen LogP contribution >= 0.6 is 0 Å². The lowest BCUT2D eigenvalue weighted by atomic mass is 10.2. The Hall–Kier alpha value is -1.34. The van der Waals surface area contributed by atoms with E-state index >= 15 is 0 Å². The second kappa shape index (κ2) is 11.3. The van der Waals surface area contributed by atoms with Crippen molar-refractivity contribution in [3.8, 4) is 11.5 Å². The van der Waals surface area contributed by atoms with E-state index in [-0.39, 0.29) is 12.7 Å². The quantitative estimate of drug-likeness (QED) is 0.563. The molecular weight excluding hydrogens is 308 g/mol. The summed E-state index contributed by atoms with van der Waals surface area (Å²) in [5, 5.41) is 13.3. The van der Waals surface area contributed by atoms with Crippen molar-refractivity contribution < 1.29 is 19.3 Å². The molecule has 2 N–H and O–H groups in total. The van der Waals surface area contributed by atoms with Crippen molar-refractivity contribution in [1.29, 1.82) is 0 Å². The maximum absolute atomic E-state index is 9.95. The fraction of sp³-hybridized carbons (Fsp3) is 0.667. The molecule has 24 heavy (non-hydrogen) atoms. The van der Waals surface area contributed by atoms with Gasteiger partial charge in [0, 0.05) is 25.2 Å². The Morgan fingerprint density at radius 3 is 2.62 bits per heavy atom. The molecular formula is C18H32N2O4. The van der Waals surface area contributed by atoms with Crippen LogP contribution in [-0.4, -0.2) is 69.7 Å². The molecule has 1 atom stereocenters. The summed E-state index contributed by atoms with van der Waals surface area (Å²) in [4.78, 5) is 1.93. The lowest BCUT2D eigenvalue weighted by Gasteiger charge is -2.18. The second-order valence-electron chi connectivity index (χ2n) is 6.30. The summed E-state index contributed by atoms with van der Waals surface area (Å²) >= 11 is 0. The molecule has 0 saturated carbocycles. The van der Waals surface area contributed by atoms with Crippen LogP contribution < -0.4 is 14.8 Å². The van der Waals surface area contributed by atoms with Crippen molar-refractivity contribution in [2.45, 2.75) is 32.6 Å². The van der Waals surface area contributed by atoms with E-state index in [1.807, 2.05) is 51.0 Å². The minimum absolute atomic E-state index is 0.237. The molecule has 1 unspecified atom stereocenters. The van der Waals surface area contributed by atoms with E-state index in [1.54, 1.807) is 7.11 Å². The number of aliphatic hydroxyl groups is 1. The summed E-state index contributed by atoms with van der Waals surface area (Å²) in [6.07, 6.45) is -0.289.